The van der Waals surface area contributed by atoms with Crippen molar-refractivity contribution in [1.82, 2.24) is 10.3 Å². The lowest BCUT2D eigenvalue weighted by atomic mass is 9.83. The molecule has 5 heteroatoms. The Morgan fingerprint density at radius 2 is 1.86 bits per heavy atom. The molecule has 3 N–H and O–H groups in total. The molecular weight excluding hydrogens is 350 g/mol. The van der Waals surface area contributed by atoms with Crippen LogP contribution in [0.5, 0.6) is 5.75 Å². The molecular formula is C23H31N3O2. The van der Waals surface area contributed by atoms with Gasteiger partial charge in [-0.2, -0.15) is 0 Å². The van der Waals surface area contributed by atoms with E-state index in [-0.39, 0.29) is 24.1 Å². The first kappa shape index (κ1) is 19.2. The van der Waals surface area contributed by atoms with Crippen LogP contribution < -0.4 is 15.8 Å². The number of amides is 1. The van der Waals surface area contributed by atoms with Gasteiger partial charge >= 0.3 is 0 Å². The highest BCUT2D eigenvalue weighted by Crippen LogP contribution is 2.28. The Kier molecular flexibility index (Phi) is 6.10. The first-order chi connectivity index (χ1) is 13.7. The molecule has 4 rings (SSSR count). The lowest BCUT2D eigenvalue weighted by molar-refractivity contribution is -0.124. The second-order valence-electron chi connectivity index (χ2n) is 8.38. The van der Waals surface area contributed by atoms with E-state index in [1.165, 1.54) is 19.3 Å². The first-order valence-corrected chi connectivity index (χ1v) is 10.8. The molecule has 0 aliphatic heterocycles. The van der Waals surface area contributed by atoms with Gasteiger partial charge in [-0.05, 0) is 68.7 Å². The summed E-state index contributed by atoms with van der Waals surface area (Å²) in [6.45, 7) is 0. The van der Waals surface area contributed by atoms with Crippen LogP contribution in [0.1, 0.15) is 57.8 Å². The zero-order valence-corrected chi connectivity index (χ0v) is 16.5. The van der Waals surface area contributed by atoms with Crippen molar-refractivity contribution in [1.29, 1.82) is 0 Å². The largest absolute Gasteiger partial charge is 0.490 e. The number of aromatic nitrogens is 1. The highest BCUT2D eigenvalue weighted by molar-refractivity contribution is 5.82. The van der Waals surface area contributed by atoms with E-state index in [4.69, 9.17) is 10.5 Å². The van der Waals surface area contributed by atoms with Gasteiger partial charge in [0.2, 0.25) is 5.91 Å². The Morgan fingerprint density at radius 3 is 2.64 bits per heavy atom. The molecule has 2 fully saturated rings. The van der Waals surface area contributed by atoms with Crippen LogP contribution >= 0.6 is 0 Å². The Balaban J connectivity index is 1.25. The lowest BCUT2D eigenvalue weighted by Crippen LogP contribution is -2.50. The van der Waals surface area contributed by atoms with E-state index in [0.717, 1.165) is 55.2 Å². The van der Waals surface area contributed by atoms with Gasteiger partial charge in [-0.3, -0.25) is 9.78 Å². The van der Waals surface area contributed by atoms with Crippen LogP contribution in [0.2, 0.25) is 0 Å². The highest BCUT2D eigenvalue weighted by Gasteiger charge is 2.29. The van der Waals surface area contributed by atoms with E-state index in [2.05, 4.69) is 22.4 Å². The second kappa shape index (κ2) is 8.91. The third-order valence-corrected chi connectivity index (χ3v) is 6.36. The minimum atomic E-state index is -0.347. The van der Waals surface area contributed by atoms with Crippen molar-refractivity contribution in [2.75, 3.05) is 0 Å². The zero-order chi connectivity index (χ0) is 19.3. The molecule has 0 bridgehead atoms. The number of fused-ring (bicyclic) bond motifs is 1. The SMILES string of the molecule is N[C@H](C(=O)NC1CCC(Oc2ccc3ncccc3c2)CC1)C1CCCCC1. The minimum absolute atomic E-state index is 0.0401. The molecule has 1 amide bonds. The van der Waals surface area contributed by atoms with Crippen molar-refractivity contribution >= 4 is 16.8 Å². The molecule has 0 unspecified atom stereocenters. The Hall–Kier alpha value is -2.14. The topological polar surface area (TPSA) is 77.2 Å². The average Bonchev–Trinajstić information content (AvgIpc) is 2.75. The molecule has 28 heavy (non-hydrogen) atoms. The molecule has 150 valence electrons. The van der Waals surface area contributed by atoms with Gasteiger partial charge in [0, 0.05) is 17.6 Å². The number of rotatable bonds is 5. The third kappa shape index (κ3) is 4.64. The van der Waals surface area contributed by atoms with E-state index >= 15 is 0 Å². The predicted molar refractivity (Wildman–Crippen MR) is 111 cm³/mol. The number of benzene rings is 1. The Labute approximate surface area is 167 Å². The van der Waals surface area contributed by atoms with Crippen LogP contribution in [-0.4, -0.2) is 29.1 Å². The summed E-state index contributed by atoms with van der Waals surface area (Å²) in [6.07, 6.45) is 11.7. The van der Waals surface area contributed by atoms with Gasteiger partial charge in [-0.1, -0.05) is 25.3 Å². The number of carbonyl (C=O) groups excluding carboxylic acids is 1. The molecule has 1 aromatic carbocycles. The summed E-state index contributed by atoms with van der Waals surface area (Å²) < 4.78 is 6.19. The normalized spacial score (nSPS) is 24.6. The maximum atomic E-state index is 12.5. The van der Waals surface area contributed by atoms with Crippen LogP contribution in [0.4, 0.5) is 0 Å². The molecule has 2 aliphatic carbocycles. The number of nitrogens with two attached hydrogens (primary N) is 1. The number of carbonyl (C=O) groups is 1. The van der Waals surface area contributed by atoms with Gasteiger partial charge in [0.05, 0.1) is 17.7 Å². The quantitative estimate of drug-likeness (QED) is 0.822. The molecule has 5 nitrogen and oxygen atoms in total. The van der Waals surface area contributed by atoms with Crippen LogP contribution in [-0.2, 0) is 4.79 Å². The van der Waals surface area contributed by atoms with Crippen LogP contribution in [0.15, 0.2) is 36.5 Å². The van der Waals surface area contributed by atoms with Crippen molar-refractivity contribution in [3.05, 3.63) is 36.5 Å². The number of ether oxygens (including phenoxy) is 1. The zero-order valence-electron chi connectivity index (χ0n) is 16.5. The summed E-state index contributed by atoms with van der Waals surface area (Å²) in [6, 6.07) is 9.92. The number of pyridine rings is 1. The molecule has 2 saturated carbocycles. The molecule has 0 radical (unpaired) electrons. The molecule has 1 atom stereocenters. The maximum Gasteiger partial charge on any atom is 0.237 e. The molecule has 1 aromatic heterocycles. The van der Waals surface area contributed by atoms with Crippen molar-refractivity contribution in [3.63, 3.8) is 0 Å². The fourth-order valence-electron chi connectivity index (χ4n) is 4.65. The summed E-state index contributed by atoms with van der Waals surface area (Å²) >= 11 is 0. The van der Waals surface area contributed by atoms with Crippen molar-refractivity contribution < 1.29 is 9.53 Å². The van der Waals surface area contributed by atoms with Gasteiger partial charge in [0.25, 0.3) is 0 Å². The minimum Gasteiger partial charge on any atom is -0.490 e. The summed E-state index contributed by atoms with van der Waals surface area (Å²) in [5.74, 6) is 1.29. The molecule has 1 heterocycles. The van der Waals surface area contributed by atoms with Crippen LogP contribution in [0.3, 0.4) is 0 Å². The highest BCUT2D eigenvalue weighted by atomic mass is 16.5. The lowest BCUT2D eigenvalue weighted by Gasteiger charge is -2.32. The molecule has 2 aromatic rings. The average molecular weight is 382 g/mol. The van der Waals surface area contributed by atoms with Crippen molar-refractivity contribution in [2.45, 2.75) is 76.0 Å². The number of nitrogens with one attached hydrogen (secondary N) is 1. The van der Waals surface area contributed by atoms with E-state index in [1.54, 1.807) is 6.20 Å². The predicted octanol–water partition coefficient (Wildman–Crippen LogP) is 3.95. The maximum absolute atomic E-state index is 12.5. The van der Waals surface area contributed by atoms with Gasteiger partial charge < -0.3 is 15.8 Å². The first-order valence-electron chi connectivity index (χ1n) is 10.8. The van der Waals surface area contributed by atoms with E-state index < -0.39 is 0 Å². The summed E-state index contributed by atoms with van der Waals surface area (Å²) in [5, 5.41) is 4.29. The summed E-state index contributed by atoms with van der Waals surface area (Å²) in [7, 11) is 0. The van der Waals surface area contributed by atoms with Crippen molar-refractivity contribution in [2.24, 2.45) is 11.7 Å². The number of nitrogens with zero attached hydrogens (tertiary/aromatic N) is 1. The van der Waals surface area contributed by atoms with Crippen LogP contribution in [0, 0.1) is 5.92 Å². The third-order valence-electron chi connectivity index (χ3n) is 6.36. The molecule has 2 aliphatic rings. The van der Waals surface area contributed by atoms with E-state index in [1.807, 2.05) is 18.2 Å². The van der Waals surface area contributed by atoms with Gasteiger partial charge in [-0.25, -0.2) is 0 Å². The van der Waals surface area contributed by atoms with Gasteiger partial charge in [0.15, 0.2) is 0 Å². The van der Waals surface area contributed by atoms with E-state index in [9.17, 15) is 4.79 Å². The number of hydrogen-bond donors (Lipinski definition) is 2. The Bertz CT molecular complexity index is 795. The van der Waals surface area contributed by atoms with Gasteiger partial charge in [0.1, 0.15) is 5.75 Å². The fraction of sp³-hybridized carbons (Fsp3) is 0.565. The fourth-order valence-corrected chi connectivity index (χ4v) is 4.65. The second-order valence-corrected chi connectivity index (χ2v) is 8.38. The van der Waals surface area contributed by atoms with Crippen LogP contribution in [0.25, 0.3) is 10.9 Å². The molecule has 0 saturated heterocycles. The molecule has 0 spiro atoms. The van der Waals surface area contributed by atoms with Gasteiger partial charge in [-0.15, -0.1) is 0 Å². The summed E-state index contributed by atoms with van der Waals surface area (Å²) in [5.41, 5.74) is 7.22. The number of hydrogen-bond acceptors (Lipinski definition) is 4. The smallest absolute Gasteiger partial charge is 0.237 e. The Morgan fingerprint density at radius 1 is 1.07 bits per heavy atom. The standard InChI is InChI=1S/C23H31N3O2/c24-22(16-5-2-1-3-6-16)23(27)26-18-8-10-19(11-9-18)28-20-12-13-21-17(15-20)7-4-14-25-21/h4,7,12-16,18-19,22H,1-3,5-6,8-11,24H2,(H,26,27)/t18?,19?,22-/m0/s1. The van der Waals surface area contributed by atoms with E-state index in [0.29, 0.717) is 5.92 Å². The summed E-state index contributed by atoms with van der Waals surface area (Å²) in [4.78, 5) is 16.9. The van der Waals surface area contributed by atoms with Crippen molar-refractivity contribution in [3.8, 4) is 5.75 Å². The monoisotopic (exact) mass is 381 g/mol.